The molecule has 10 heteroatoms. The van der Waals surface area contributed by atoms with Gasteiger partial charge < -0.3 is 14.5 Å². The van der Waals surface area contributed by atoms with Crippen molar-refractivity contribution in [2.45, 2.75) is 44.2 Å². The van der Waals surface area contributed by atoms with Gasteiger partial charge in [-0.3, -0.25) is 0 Å². The van der Waals surface area contributed by atoms with E-state index in [9.17, 15) is 12.8 Å². The van der Waals surface area contributed by atoms with Crippen molar-refractivity contribution in [2.75, 3.05) is 26.4 Å². The quantitative estimate of drug-likeness (QED) is 0.334. The molecule has 1 fully saturated rings. The Morgan fingerprint density at radius 2 is 1.84 bits per heavy atom. The summed E-state index contributed by atoms with van der Waals surface area (Å²) in [5, 5.41) is 0.992. The summed E-state index contributed by atoms with van der Waals surface area (Å²) >= 11 is 0. The van der Waals surface area contributed by atoms with Crippen molar-refractivity contribution in [3.8, 4) is 22.5 Å². The van der Waals surface area contributed by atoms with Gasteiger partial charge in [0, 0.05) is 41.0 Å². The Hall–Kier alpha value is -3.08. The largest absolute Gasteiger partial charge is 0.346 e. The van der Waals surface area contributed by atoms with E-state index in [0.29, 0.717) is 6.42 Å². The number of imidazole rings is 1. The van der Waals surface area contributed by atoms with Crippen LogP contribution in [-0.4, -0.2) is 65.3 Å². The van der Waals surface area contributed by atoms with Crippen LogP contribution in [0.15, 0.2) is 55.1 Å². The third-order valence-electron chi connectivity index (χ3n) is 7.08. The van der Waals surface area contributed by atoms with Crippen LogP contribution in [0.4, 0.5) is 4.39 Å². The molecule has 1 aliphatic rings. The molecular weight excluding hydrogens is 491 g/mol. The van der Waals surface area contributed by atoms with Gasteiger partial charge in [0.2, 0.25) is 10.0 Å². The highest BCUT2D eigenvalue weighted by Gasteiger charge is 2.28. The predicted molar refractivity (Wildman–Crippen MR) is 144 cm³/mol. The fourth-order valence-corrected chi connectivity index (χ4v) is 6.62. The molecule has 37 heavy (non-hydrogen) atoms. The zero-order valence-corrected chi connectivity index (χ0v) is 22.0. The van der Waals surface area contributed by atoms with Crippen LogP contribution in [-0.2, 0) is 10.0 Å². The molecule has 196 valence electrons. The van der Waals surface area contributed by atoms with Gasteiger partial charge in [-0.1, -0.05) is 0 Å². The molecule has 0 unspecified atom stereocenters. The average Bonchev–Trinajstić information content (AvgIpc) is 3.52. The molecule has 0 atom stereocenters. The first-order valence-corrected chi connectivity index (χ1v) is 14.4. The molecule has 0 aliphatic heterocycles. The zero-order chi connectivity index (χ0) is 26.0. The summed E-state index contributed by atoms with van der Waals surface area (Å²) in [6.45, 7) is 0.747. The molecule has 0 amide bonds. The average molecular weight is 525 g/mol. The van der Waals surface area contributed by atoms with Gasteiger partial charge in [-0.25, -0.2) is 27.5 Å². The molecule has 4 aromatic rings. The third-order valence-corrected chi connectivity index (χ3v) is 8.60. The summed E-state index contributed by atoms with van der Waals surface area (Å²) in [5.41, 5.74) is 4.40. The summed E-state index contributed by atoms with van der Waals surface area (Å²) in [6.07, 6.45) is 9.31. The van der Waals surface area contributed by atoms with Crippen LogP contribution in [0.2, 0.25) is 0 Å². The van der Waals surface area contributed by atoms with Crippen LogP contribution in [0.5, 0.6) is 0 Å². The maximum absolute atomic E-state index is 13.7. The van der Waals surface area contributed by atoms with Crippen LogP contribution in [0.3, 0.4) is 0 Å². The van der Waals surface area contributed by atoms with Crippen molar-refractivity contribution in [3.05, 3.63) is 60.9 Å². The van der Waals surface area contributed by atoms with E-state index in [0.717, 1.165) is 65.8 Å². The Bertz CT molecular complexity index is 1450. The first kappa shape index (κ1) is 25.6. The number of rotatable bonds is 9. The second-order valence-corrected chi connectivity index (χ2v) is 11.9. The van der Waals surface area contributed by atoms with Crippen LogP contribution in [0.25, 0.3) is 33.5 Å². The minimum atomic E-state index is -3.30. The lowest BCUT2D eigenvalue weighted by atomic mass is 9.91. The Morgan fingerprint density at radius 3 is 2.57 bits per heavy atom. The number of hydrogen-bond donors (Lipinski definition) is 2. The van der Waals surface area contributed by atoms with Gasteiger partial charge in [0.25, 0.3) is 0 Å². The highest BCUT2D eigenvalue weighted by molar-refractivity contribution is 7.89. The number of fused-ring (bicyclic) bond motifs is 1. The van der Waals surface area contributed by atoms with E-state index in [-0.39, 0.29) is 23.7 Å². The molecule has 3 heterocycles. The second kappa shape index (κ2) is 10.7. The lowest BCUT2D eigenvalue weighted by Crippen LogP contribution is -2.39. The van der Waals surface area contributed by atoms with E-state index in [4.69, 9.17) is 4.98 Å². The van der Waals surface area contributed by atoms with Gasteiger partial charge in [0.1, 0.15) is 11.5 Å². The highest BCUT2D eigenvalue weighted by atomic mass is 32.2. The summed E-state index contributed by atoms with van der Waals surface area (Å²) < 4.78 is 43.9. The van der Waals surface area contributed by atoms with Crippen molar-refractivity contribution in [3.63, 3.8) is 0 Å². The molecule has 1 aliphatic carbocycles. The Morgan fingerprint density at radius 1 is 1.08 bits per heavy atom. The monoisotopic (exact) mass is 524 g/mol. The van der Waals surface area contributed by atoms with Crippen molar-refractivity contribution < 1.29 is 12.8 Å². The minimum absolute atomic E-state index is 0.0542. The lowest BCUT2D eigenvalue weighted by Gasteiger charge is -2.31. The Labute approximate surface area is 217 Å². The van der Waals surface area contributed by atoms with Gasteiger partial charge in [-0.05, 0) is 89.1 Å². The normalized spacial score (nSPS) is 18.6. The Balaban J connectivity index is 1.40. The molecule has 8 nitrogen and oxygen atoms in total. The second-order valence-electron chi connectivity index (χ2n) is 10.1. The molecule has 3 aromatic heterocycles. The number of halogens is 1. The number of nitrogens with one attached hydrogen (secondary N) is 2. The molecule has 0 radical (unpaired) electrons. The standard InChI is InChI=1S/C27H33FN6O2S/c1-33(2)16-3-17-37(35,36)32-21-8-10-22(11-9-21)34-18-31-25(19-4-6-20(28)7-5-19)26(34)23-12-14-29-27-24(23)13-15-30-27/h4-7,12-15,18,21-22,32H,3,8-11,16-17H2,1-2H3,(H,29,30). The van der Waals surface area contributed by atoms with Crippen molar-refractivity contribution in [1.29, 1.82) is 0 Å². The van der Waals surface area contributed by atoms with Crippen molar-refractivity contribution in [1.82, 2.24) is 29.1 Å². The zero-order valence-electron chi connectivity index (χ0n) is 21.2. The van der Waals surface area contributed by atoms with Gasteiger partial charge in [-0.15, -0.1) is 0 Å². The van der Waals surface area contributed by atoms with Crippen LogP contribution >= 0.6 is 0 Å². The summed E-state index contributed by atoms with van der Waals surface area (Å²) in [5.74, 6) is -0.142. The number of benzene rings is 1. The molecule has 5 rings (SSSR count). The third kappa shape index (κ3) is 5.76. The van der Waals surface area contributed by atoms with Gasteiger partial charge in [0.05, 0.1) is 23.5 Å². The fourth-order valence-electron chi connectivity index (χ4n) is 5.25. The number of pyridine rings is 1. The summed E-state index contributed by atoms with van der Waals surface area (Å²) in [4.78, 5) is 14.4. The molecule has 0 bridgehead atoms. The molecule has 2 N–H and O–H groups in total. The SMILES string of the molecule is CN(C)CCCS(=O)(=O)NC1CCC(n2cnc(-c3ccc(F)cc3)c2-c2ccnc3[nH]ccc23)CC1. The summed E-state index contributed by atoms with van der Waals surface area (Å²) in [6, 6.07) is 10.5. The highest BCUT2D eigenvalue weighted by Crippen LogP contribution is 2.40. The van der Waals surface area contributed by atoms with Crippen LogP contribution < -0.4 is 4.72 Å². The van der Waals surface area contributed by atoms with Crippen LogP contribution in [0, 0.1) is 5.82 Å². The number of aromatic amines is 1. The van der Waals surface area contributed by atoms with E-state index < -0.39 is 10.0 Å². The van der Waals surface area contributed by atoms with Crippen molar-refractivity contribution in [2.24, 2.45) is 0 Å². The van der Waals surface area contributed by atoms with Crippen molar-refractivity contribution >= 4 is 21.1 Å². The molecule has 0 saturated heterocycles. The molecule has 1 aromatic carbocycles. The predicted octanol–water partition coefficient (Wildman–Crippen LogP) is 4.59. The maximum Gasteiger partial charge on any atom is 0.211 e. The molecule has 0 spiro atoms. The van der Waals surface area contributed by atoms with E-state index in [1.54, 1.807) is 18.3 Å². The number of hydrogen-bond acceptors (Lipinski definition) is 5. The van der Waals surface area contributed by atoms with E-state index in [2.05, 4.69) is 19.3 Å². The number of H-pyrrole nitrogens is 1. The fraction of sp³-hybridized carbons (Fsp3) is 0.407. The molecular formula is C27H33FN6O2S. The summed E-state index contributed by atoms with van der Waals surface area (Å²) in [7, 11) is 0.589. The first-order valence-electron chi connectivity index (χ1n) is 12.7. The van der Waals surface area contributed by atoms with E-state index >= 15 is 0 Å². The van der Waals surface area contributed by atoms with E-state index in [1.807, 2.05) is 43.7 Å². The number of sulfonamides is 1. The topological polar surface area (TPSA) is 95.9 Å². The maximum atomic E-state index is 13.7. The number of nitrogens with zero attached hydrogens (tertiary/aromatic N) is 4. The molecule has 1 saturated carbocycles. The minimum Gasteiger partial charge on any atom is -0.346 e. The number of aromatic nitrogens is 4. The van der Waals surface area contributed by atoms with Gasteiger partial charge >= 0.3 is 0 Å². The van der Waals surface area contributed by atoms with E-state index in [1.165, 1.54) is 12.1 Å². The smallest absolute Gasteiger partial charge is 0.211 e. The lowest BCUT2D eigenvalue weighted by molar-refractivity contribution is 0.312. The van der Waals surface area contributed by atoms with Gasteiger partial charge in [0.15, 0.2) is 0 Å². The van der Waals surface area contributed by atoms with Crippen LogP contribution in [0.1, 0.15) is 38.1 Å². The Kier molecular flexibility index (Phi) is 7.41. The first-order chi connectivity index (χ1) is 17.8. The van der Waals surface area contributed by atoms with Gasteiger partial charge in [-0.2, -0.15) is 0 Å².